The quantitative estimate of drug-likeness (QED) is 0.625. The van der Waals surface area contributed by atoms with Crippen molar-refractivity contribution < 1.29 is 14.7 Å². The van der Waals surface area contributed by atoms with Crippen molar-refractivity contribution in [1.82, 2.24) is 14.5 Å². The van der Waals surface area contributed by atoms with E-state index in [9.17, 15) is 14.7 Å². The van der Waals surface area contributed by atoms with Crippen LogP contribution in [0.4, 0.5) is 0 Å². The highest BCUT2D eigenvalue weighted by Crippen LogP contribution is 2.35. The number of hydrogen-bond donors (Lipinski definition) is 1. The molecule has 0 spiro atoms. The third-order valence-corrected chi connectivity index (χ3v) is 5.53. The maximum atomic E-state index is 12.8. The molecule has 0 aliphatic carbocycles. The summed E-state index contributed by atoms with van der Waals surface area (Å²) in [4.78, 5) is 30.6. The highest BCUT2D eigenvalue weighted by atomic mass is 32.2. The topological polar surface area (TPSA) is 75.4 Å². The van der Waals surface area contributed by atoms with Crippen molar-refractivity contribution in [2.24, 2.45) is 13.0 Å². The lowest BCUT2D eigenvalue weighted by Gasteiger charge is -2.24. The SMILES string of the molecule is CC(C)C[C@H](C(=O)O)N1C(=O)/C(=C\c2nc3ccccc3n2C)SC1=S. The normalized spacial score (nSPS) is 17.7. The summed E-state index contributed by atoms with van der Waals surface area (Å²) in [6.07, 6.45) is 2.02. The van der Waals surface area contributed by atoms with Gasteiger partial charge in [-0.05, 0) is 24.5 Å². The fourth-order valence-electron chi connectivity index (χ4n) is 2.92. The molecule has 1 aliphatic rings. The first-order valence-electron chi connectivity index (χ1n) is 8.21. The summed E-state index contributed by atoms with van der Waals surface area (Å²) in [7, 11) is 1.88. The molecule has 2 heterocycles. The standard InChI is InChI=1S/C18H19N3O3S2/c1-10(2)8-13(17(23)24)21-16(22)14(26-18(21)25)9-15-19-11-6-4-5-7-12(11)20(15)3/h4-7,9-10,13H,8H2,1-3H3,(H,23,24)/b14-9+/t13-/m1/s1. The van der Waals surface area contributed by atoms with Gasteiger partial charge in [-0.1, -0.05) is 50.0 Å². The molecular formula is C18H19N3O3S2. The average Bonchev–Trinajstić information content (AvgIpc) is 3.03. The molecule has 8 heteroatoms. The molecule has 1 aromatic heterocycles. The predicted molar refractivity (Wildman–Crippen MR) is 107 cm³/mol. The minimum Gasteiger partial charge on any atom is -0.480 e. The number of aliphatic carboxylic acids is 1. The van der Waals surface area contributed by atoms with Crippen LogP contribution in [0.2, 0.25) is 0 Å². The van der Waals surface area contributed by atoms with Crippen molar-refractivity contribution >= 4 is 57.3 Å². The number of imidazole rings is 1. The lowest BCUT2D eigenvalue weighted by molar-refractivity contribution is -0.145. The molecule has 0 radical (unpaired) electrons. The summed E-state index contributed by atoms with van der Waals surface area (Å²) in [5.41, 5.74) is 1.79. The molecule has 1 amide bonds. The molecule has 136 valence electrons. The van der Waals surface area contributed by atoms with E-state index in [1.54, 1.807) is 6.08 Å². The molecule has 0 unspecified atom stereocenters. The molecule has 1 N–H and O–H groups in total. The Labute approximate surface area is 160 Å². The Balaban J connectivity index is 1.96. The zero-order valence-corrected chi connectivity index (χ0v) is 16.3. The van der Waals surface area contributed by atoms with Gasteiger partial charge in [-0.15, -0.1) is 0 Å². The van der Waals surface area contributed by atoms with E-state index in [1.807, 2.05) is 49.7 Å². The molecule has 26 heavy (non-hydrogen) atoms. The molecule has 1 saturated heterocycles. The largest absolute Gasteiger partial charge is 0.480 e. The number of rotatable bonds is 5. The zero-order chi connectivity index (χ0) is 19.0. The van der Waals surface area contributed by atoms with Crippen LogP contribution in [-0.4, -0.2) is 41.8 Å². The van der Waals surface area contributed by atoms with Crippen LogP contribution < -0.4 is 0 Å². The van der Waals surface area contributed by atoms with Gasteiger partial charge in [-0.25, -0.2) is 9.78 Å². The number of para-hydroxylation sites is 2. The van der Waals surface area contributed by atoms with E-state index in [4.69, 9.17) is 12.2 Å². The van der Waals surface area contributed by atoms with Crippen molar-refractivity contribution in [3.63, 3.8) is 0 Å². The lowest BCUT2D eigenvalue weighted by atomic mass is 10.0. The van der Waals surface area contributed by atoms with E-state index < -0.39 is 12.0 Å². The Bertz CT molecular complexity index is 933. The van der Waals surface area contributed by atoms with E-state index in [-0.39, 0.29) is 16.1 Å². The Morgan fingerprint density at radius 3 is 2.69 bits per heavy atom. The van der Waals surface area contributed by atoms with Crippen molar-refractivity contribution in [2.75, 3.05) is 0 Å². The first kappa shape index (κ1) is 18.6. The van der Waals surface area contributed by atoms with Gasteiger partial charge in [0.15, 0.2) is 0 Å². The van der Waals surface area contributed by atoms with E-state index in [0.29, 0.717) is 17.2 Å². The molecule has 0 saturated carbocycles. The summed E-state index contributed by atoms with van der Waals surface area (Å²) in [5, 5.41) is 9.53. The van der Waals surface area contributed by atoms with Crippen molar-refractivity contribution in [3.05, 3.63) is 35.0 Å². The maximum Gasteiger partial charge on any atom is 0.326 e. The number of aryl methyl sites for hydroxylation is 1. The van der Waals surface area contributed by atoms with Crippen molar-refractivity contribution in [2.45, 2.75) is 26.3 Å². The number of carboxylic acid groups (broad SMARTS) is 1. The van der Waals surface area contributed by atoms with Crippen LogP contribution in [0.5, 0.6) is 0 Å². The van der Waals surface area contributed by atoms with E-state index >= 15 is 0 Å². The van der Waals surface area contributed by atoms with Crippen LogP contribution in [0, 0.1) is 5.92 Å². The molecule has 1 atom stereocenters. The molecule has 6 nitrogen and oxygen atoms in total. The van der Waals surface area contributed by atoms with Gasteiger partial charge < -0.3 is 9.67 Å². The minimum atomic E-state index is -1.04. The van der Waals surface area contributed by atoms with Crippen LogP contribution in [0.25, 0.3) is 17.1 Å². The first-order valence-corrected chi connectivity index (χ1v) is 9.43. The van der Waals surface area contributed by atoms with Crippen LogP contribution in [-0.2, 0) is 16.6 Å². The van der Waals surface area contributed by atoms with Gasteiger partial charge in [0.2, 0.25) is 0 Å². The van der Waals surface area contributed by atoms with Gasteiger partial charge in [0.1, 0.15) is 16.2 Å². The highest BCUT2D eigenvalue weighted by molar-refractivity contribution is 8.26. The van der Waals surface area contributed by atoms with Crippen LogP contribution in [0.3, 0.4) is 0 Å². The molecule has 1 aromatic carbocycles. The monoisotopic (exact) mass is 389 g/mol. The number of amides is 1. The van der Waals surface area contributed by atoms with Gasteiger partial charge >= 0.3 is 5.97 Å². The predicted octanol–water partition coefficient (Wildman–Crippen LogP) is 3.27. The number of nitrogens with zero attached hydrogens (tertiary/aromatic N) is 3. The average molecular weight is 390 g/mol. The van der Waals surface area contributed by atoms with Crippen LogP contribution >= 0.6 is 24.0 Å². The van der Waals surface area contributed by atoms with Crippen molar-refractivity contribution in [1.29, 1.82) is 0 Å². The summed E-state index contributed by atoms with van der Waals surface area (Å²) in [6, 6.07) is 6.74. The fourth-order valence-corrected chi connectivity index (χ4v) is 4.25. The number of thiocarbonyl (C=S) groups is 1. The van der Waals surface area contributed by atoms with Gasteiger partial charge in [-0.3, -0.25) is 9.69 Å². The first-order chi connectivity index (χ1) is 12.3. The summed E-state index contributed by atoms with van der Waals surface area (Å²) < 4.78 is 2.16. The maximum absolute atomic E-state index is 12.8. The smallest absolute Gasteiger partial charge is 0.326 e. The third kappa shape index (κ3) is 3.39. The Kier molecular flexibility index (Phi) is 5.15. The molecular weight excluding hydrogens is 370 g/mol. The molecule has 0 bridgehead atoms. The zero-order valence-electron chi connectivity index (χ0n) is 14.7. The number of fused-ring (bicyclic) bond motifs is 1. The second kappa shape index (κ2) is 7.20. The number of carbonyl (C=O) groups is 2. The number of aromatic nitrogens is 2. The van der Waals surface area contributed by atoms with E-state index in [1.165, 1.54) is 4.90 Å². The van der Waals surface area contributed by atoms with Crippen LogP contribution in [0.15, 0.2) is 29.2 Å². The Hall–Kier alpha value is -2.19. The van der Waals surface area contributed by atoms with E-state index in [2.05, 4.69) is 4.98 Å². The summed E-state index contributed by atoms with van der Waals surface area (Å²) in [6.45, 7) is 3.84. The van der Waals surface area contributed by atoms with Gasteiger partial charge in [0.05, 0.1) is 15.9 Å². The van der Waals surface area contributed by atoms with Gasteiger partial charge in [0, 0.05) is 13.1 Å². The molecule has 2 aromatic rings. The summed E-state index contributed by atoms with van der Waals surface area (Å²) in [5.74, 6) is -0.661. The van der Waals surface area contributed by atoms with Crippen LogP contribution in [0.1, 0.15) is 26.1 Å². The Morgan fingerprint density at radius 2 is 2.08 bits per heavy atom. The molecule has 1 fully saturated rings. The fraction of sp³-hybridized carbons (Fsp3) is 0.333. The van der Waals surface area contributed by atoms with Gasteiger partial charge in [-0.2, -0.15) is 0 Å². The van der Waals surface area contributed by atoms with Gasteiger partial charge in [0.25, 0.3) is 5.91 Å². The number of carbonyl (C=O) groups excluding carboxylic acids is 1. The molecule has 1 aliphatic heterocycles. The highest BCUT2D eigenvalue weighted by Gasteiger charge is 2.40. The van der Waals surface area contributed by atoms with E-state index in [0.717, 1.165) is 22.8 Å². The number of carboxylic acids is 1. The third-order valence-electron chi connectivity index (χ3n) is 4.20. The van der Waals surface area contributed by atoms with Crippen molar-refractivity contribution in [3.8, 4) is 0 Å². The second-order valence-corrected chi connectivity index (χ2v) is 8.23. The Morgan fingerprint density at radius 1 is 1.38 bits per heavy atom. The molecule has 3 rings (SSSR count). The second-order valence-electron chi connectivity index (χ2n) is 6.55. The lowest BCUT2D eigenvalue weighted by Crippen LogP contribution is -2.44. The minimum absolute atomic E-state index is 0.129. The number of benzene rings is 1. The number of thioether (sulfide) groups is 1. The summed E-state index contributed by atoms with van der Waals surface area (Å²) >= 11 is 6.41. The number of hydrogen-bond acceptors (Lipinski definition) is 5.